The fourth-order valence-corrected chi connectivity index (χ4v) is 7.82. The molecule has 2 saturated carbocycles. The molecule has 4 rings (SSSR count). The molecule has 1 spiro atoms. The van der Waals surface area contributed by atoms with Gasteiger partial charge in [0, 0.05) is 19.1 Å². The Morgan fingerprint density at radius 1 is 1.17 bits per heavy atom. The van der Waals surface area contributed by atoms with Crippen molar-refractivity contribution in [3.05, 3.63) is 0 Å². The molecule has 0 radical (unpaired) electrons. The van der Waals surface area contributed by atoms with E-state index in [0.29, 0.717) is 23.6 Å². The lowest BCUT2D eigenvalue weighted by atomic mass is 9.81. The fraction of sp³-hybridized carbons (Fsp3) is 1.00. The average Bonchev–Trinajstić information content (AvgIpc) is 2.99. The highest BCUT2D eigenvalue weighted by atomic mass is 32.2. The number of fused-ring (bicyclic) bond motifs is 3. The summed E-state index contributed by atoms with van der Waals surface area (Å²) in [6.45, 7) is 3.36. The third-order valence-electron chi connectivity index (χ3n) is 5.85. The summed E-state index contributed by atoms with van der Waals surface area (Å²) in [5.74, 6) is 1.54. The van der Waals surface area contributed by atoms with Gasteiger partial charge >= 0.3 is 0 Å². The smallest absolute Gasteiger partial charge is 0.159 e. The highest BCUT2D eigenvalue weighted by Crippen LogP contribution is 2.61. The van der Waals surface area contributed by atoms with Crippen molar-refractivity contribution in [1.29, 1.82) is 0 Å². The molecular formula is C13H21NO3S. The van der Waals surface area contributed by atoms with Gasteiger partial charge in [-0.25, -0.2) is 8.42 Å². The SMILES string of the molecule is O=S1(=O)C[C@H](N2CCOCC2)[C@@]12C[C@H]1CC[C@H]2C1. The number of nitrogens with zero attached hydrogens (tertiary/aromatic N) is 1. The molecule has 0 N–H and O–H groups in total. The van der Waals surface area contributed by atoms with Gasteiger partial charge < -0.3 is 4.74 Å². The summed E-state index contributed by atoms with van der Waals surface area (Å²) in [4.78, 5) is 2.39. The molecule has 2 aliphatic carbocycles. The van der Waals surface area contributed by atoms with Crippen molar-refractivity contribution in [2.75, 3.05) is 32.1 Å². The Bertz CT molecular complexity index is 457. The van der Waals surface area contributed by atoms with Crippen molar-refractivity contribution in [2.24, 2.45) is 11.8 Å². The van der Waals surface area contributed by atoms with Gasteiger partial charge in [0.25, 0.3) is 0 Å². The lowest BCUT2D eigenvalue weighted by Gasteiger charge is -2.56. The first-order valence-electron chi connectivity index (χ1n) is 7.17. The van der Waals surface area contributed by atoms with Gasteiger partial charge in [-0.05, 0) is 31.1 Å². The van der Waals surface area contributed by atoms with Gasteiger partial charge in [-0.15, -0.1) is 0 Å². The minimum absolute atomic E-state index is 0.293. The summed E-state index contributed by atoms with van der Waals surface area (Å²) in [6, 6.07) is 0.293. The van der Waals surface area contributed by atoms with Crippen LogP contribution < -0.4 is 0 Å². The monoisotopic (exact) mass is 271 g/mol. The Morgan fingerprint density at radius 2 is 1.94 bits per heavy atom. The van der Waals surface area contributed by atoms with Gasteiger partial charge in [-0.1, -0.05) is 6.42 Å². The summed E-state index contributed by atoms with van der Waals surface area (Å²) < 4.78 is 29.9. The van der Waals surface area contributed by atoms with E-state index in [0.717, 1.165) is 39.1 Å². The summed E-state index contributed by atoms with van der Waals surface area (Å²) >= 11 is 0. The molecule has 4 aliphatic rings. The quantitative estimate of drug-likeness (QED) is 0.703. The number of hydrogen-bond donors (Lipinski definition) is 0. The number of sulfone groups is 1. The summed E-state index contributed by atoms with van der Waals surface area (Å²) in [5, 5.41) is 0. The van der Waals surface area contributed by atoms with Crippen molar-refractivity contribution < 1.29 is 13.2 Å². The Hall–Kier alpha value is -0.130. The van der Waals surface area contributed by atoms with Crippen molar-refractivity contribution >= 4 is 9.84 Å². The number of hydrogen-bond acceptors (Lipinski definition) is 4. The molecule has 102 valence electrons. The normalized spacial score (nSPS) is 50.6. The number of morpholine rings is 1. The molecule has 2 heterocycles. The van der Waals surface area contributed by atoms with Gasteiger partial charge in [-0.3, -0.25) is 4.90 Å². The molecule has 0 unspecified atom stereocenters. The number of rotatable bonds is 1. The zero-order valence-corrected chi connectivity index (χ0v) is 11.5. The van der Waals surface area contributed by atoms with Crippen molar-refractivity contribution in [3.63, 3.8) is 0 Å². The second kappa shape index (κ2) is 3.70. The second-order valence-corrected chi connectivity index (χ2v) is 8.80. The minimum atomic E-state index is -2.83. The molecule has 0 amide bonds. The zero-order valence-electron chi connectivity index (χ0n) is 10.7. The first-order chi connectivity index (χ1) is 8.63. The van der Waals surface area contributed by atoms with Crippen LogP contribution in [0.2, 0.25) is 0 Å². The standard InChI is InChI=1S/C13H21NO3S/c15-18(16)9-12(14-3-5-17-6-4-14)13(18)8-10-1-2-11(13)7-10/h10-12H,1-9H2/t10-,11-,12-,13-/m0/s1. The van der Waals surface area contributed by atoms with Crippen molar-refractivity contribution in [2.45, 2.75) is 36.5 Å². The molecule has 2 bridgehead atoms. The van der Waals surface area contributed by atoms with Crippen LogP contribution in [0.3, 0.4) is 0 Å². The largest absolute Gasteiger partial charge is 0.379 e. The Balaban J connectivity index is 1.65. The molecule has 0 aromatic rings. The lowest BCUT2D eigenvalue weighted by Crippen LogP contribution is -2.72. The van der Waals surface area contributed by atoms with E-state index >= 15 is 0 Å². The topological polar surface area (TPSA) is 46.6 Å². The molecule has 2 aliphatic heterocycles. The van der Waals surface area contributed by atoms with E-state index in [2.05, 4.69) is 4.90 Å². The first-order valence-corrected chi connectivity index (χ1v) is 8.83. The molecule has 4 nitrogen and oxygen atoms in total. The maximum absolute atomic E-state index is 12.4. The Kier molecular flexibility index (Phi) is 2.40. The predicted molar refractivity (Wildman–Crippen MR) is 68.1 cm³/mol. The third kappa shape index (κ3) is 1.30. The first kappa shape index (κ1) is 11.7. The van der Waals surface area contributed by atoms with E-state index in [1.807, 2.05) is 0 Å². The van der Waals surface area contributed by atoms with Crippen LogP contribution in [0.15, 0.2) is 0 Å². The van der Waals surface area contributed by atoms with Crippen LogP contribution in [-0.2, 0) is 14.6 Å². The molecule has 0 aromatic heterocycles. The predicted octanol–water partition coefficient (Wildman–Crippen LogP) is 0.674. The van der Waals surface area contributed by atoms with Gasteiger partial charge in [0.1, 0.15) is 0 Å². The van der Waals surface area contributed by atoms with Crippen LogP contribution in [0.1, 0.15) is 25.7 Å². The second-order valence-electron chi connectivity index (χ2n) is 6.48. The highest BCUT2D eigenvalue weighted by Gasteiger charge is 2.70. The van der Waals surface area contributed by atoms with E-state index in [1.165, 1.54) is 12.8 Å². The van der Waals surface area contributed by atoms with E-state index in [-0.39, 0.29) is 4.75 Å². The van der Waals surface area contributed by atoms with Crippen molar-refractivity contribution in [1.82, 2.24) is 4.90 Å². The van der Waals surface area contributed by atoms with E-state index < -0.39 is 9.84 Å². The van der Waals surface area contributed by atoms with Crippen molar-refractivity contribution in [3.8, 4) is 0 Å². The minimum Gasteiger partial charge on any atom is -0.379 e. The molecular weight excluding hydrogens is 250 g/mol. The summed E-state index contributed by atoms with van der Waals surface area (Å²) in [5.41, 5.74) is 0. The van der Waals surface area contributed by atoms with Gasteiger partial charge in [0.15, 0.2) is 9.84 Å². The molecule has 4 fully saturated rings. The molecule has 2 saturated heterocycles. The maximum Gasteiger partial charge on any atom is 0.159 e. The van der Waals surface area contributed by atoms with Crippen LogP contribution in [0, 0.1) is 11.8 Å². The lowest BCUT2D eigenvalue weighted by molar-refractivity contribution is -0.000713. The Morgan fingerprint density at radius 3 is 2.50 bits per heavy atom. The molecule has 4 atom stereocenters. The summed E-state index contributed by atoms with van der Waals surface area (Å²) in [6.07, 6.45) is 4.52. The van der Waals surface area contributed by atoms with Crippen LogP contribution in [0.5, 0.6) is 0 Å². The van der Waals surface area contributed by atoms with Gasteiger partial charge in [0.2, 0.25) is 0 Å². The van der Waals surface area contributed by atoms with Crippen LogP contribution in [0.4, 0.5) is 0 Å². The van der Waals surface area contributed by atoms with Gasteiger partial charge in [-0.2, -0.15) is 0 Å². The average molecular weight is 271 g/mol. The highest BCUT2D eigenvalue weighted by molar-refractivity contribution is 7.94. The fourth-order valence-electron chi connectivity index (χ4n) is 5.03. The molecule has 0 aromatic carbocycles. The van der Waals surface area contributed by atoms with Gasteiger partial charge in [0.05, 0.1) is 23.7 Å². The third-order valence-corrected chi connectivity index (χ3v) is 8.53. The van der Waals surface area contributed by atoms with Crippen LogP contribution in [0.25, 0.3) is 0 Å². The zero-order chi connectivity index (χ0) is 12.4. The molecule has 5 heteroatoms. The summed E-state index contributed by atoms with van der Waals surface area (Å²) in [7, 11) is -2.83. The van der Waals surface area contributed by atoms with E-state index in [1.54, 1.807) is 0 Å². The Labute approximate surface area is 109 Å². The van der Waals surface area contributed by atoms with E-state index in [4.69, 9.17) is 4.74 Å². The maximum atomic E-state index is 12.4. The van der Waals surface area contributed by atoms with E-state index in [9.17, 15) is 8.42 Å². The van der Waals surface area contributed by atoms with Crippen LogP contribution in [-0.4, -0.2) is 56.2 Å². The number of ether oxygens (including phenoxy) is 1. The molecule has 18 heavy (non-hydrogen) atoms. The van der Waals surface area contributed by atoms with Crippen LogP contribution >= 0.6 is 0 Å².